The Morgan fingerprint density at radius 1 is 1.14 bits per heavy atom. The van der Waals surface area contributed by atoms with E-state index in [1.165, 1.54) is 0 Å². The summed E-state index contributed by atoms with van der Waals surface area (Å²) in [5, 5.41) is 9.92. The van der Waals surface area contributed by atoms with Crippen LogP contribution in [0.4, 0.5) is 5.69 Å². The minimum absolute atomic E-state index is 0.0742. The van der Waals surface area contributed by atoms with E-state index < -0.39 is 12.1 Å². The maximum atomic E-state index is 13.3. The van der Waals surface area contributed by atoms with Crippen LogP contribution in [0, 0.1) is 0 Å². The molecule has 0 bridgehead atoms. The van der Waals surface area contributed by atoms with E-state index in [1.54, 1.807) is 18.1 Å². The van der Waals surface area contributed by atoms with Crippen molar-refractivity contribution in [3.8, 4) is 0 Å². The van der Waals surface area contributed by atoms with Crippen molar-refractivity contribution >= 4 is 34.3 Å². The lowest BCUT2D eigenvalue weighted by atomic mass is 10.0. The molecule has 0 radical (unpaired) electrons. The van der Waals surface area contributed by atoms with Crippen LogP contribution in [-0.4, -0.2) is 65.9 Å². The third-order valence-corrected chi connectivity index (χ3v) is 6.60. The average Bonchev–Trinajstić information content (AvgIpc) is 3.41. The molecule has 5 N–H and O–H groups in total. The van der Waals surface area contributed by atoms with Crippen molar-refractivity contribution in [1.82, 2.24) is 20.5 Å². The highest BCUT2D eigenvalue weighted by atomic mass is 16.2. The third kappa shape index (κ3) is 6.24. The summed E-state index contributed by atoms with van der Waals surface area (Å²) >= 11 is 0. The molecule has 2 heterocycles. The standard InChI is InChI=1S/C27H32N6O3/c1-33(25(34)15-28)21-14-24(30-17-21)27(36)32-23(12-11-18-7-3-2-4-8-18)26(35)31-20-13-19-9-5-6-10-22(19)29-16-20/h2-10,13,16,21,23-24,30H,11-12,14-15,17,28H2,1H3,(H,31,35)(H,32,36)/t21-,23+,24-/m0/s1. The topological polar surface area (TPSA) is 129 Å². The first-order valence-electron chi connectivity index (χ1n) is 12.1. The van der Waals surface area contributed by atoms with E-state index in [2.05, 4.69) is 20.9 Å². The molecule has 1 aliphatic heterocycles. The zero-order valence-electron chi connectivity index (χ0n) is 20.3. The molecule has 4 rings (SSSR count). The molecule has 0 aliphatic carbocycles. The molecule has 0 unspecified atom stereocenters. The fraction of sp³-hybridized carbons (Fsp3) is 0.333. The number of rotatable bonds is 9. The van der Waals surface area contributed by atoms with E-state index in [4.69, 9.17) is 5.73 Å². The van der Waals surface area contributed by atoms with Crippen LogP contribution >= 0.6 is 0 Å². The number of likely N-dealkylation sites (N-methyl/N-ethyl adjacent to an activating group) is 1. The van der Waals surface area contributed by atoms with Gasteiger partial charge in [0, 0.05) is 25.0 Å². The van der Waals surface area contributed by atoms with E-state index in [9.17, 15) is 14.4 Å². The van der Waals surface area contributed by atoms with Crippen molar-refractivity contribution in [2.75, 3.05) is 25.5 Å². The van der Waals surface area contributed by atoms with E-state index in [-0.39, 0.29) is 30.3 Å². The first kappa shape index (κ1) is 25.3. The summed E-state index contributed by atoms with van der Waals surface area (Å²) in [7, 11) is 1.69. The first-order valence-corrected chi connectivity index (χ1v) is 12.1. The number of hydrogen-bond acceptors (Lipinski definition) is 6. The van der Waals surface area contributed by atoms with Gasteiger partial charge in [0.05, 0.1) is 30.0 Å². The van der Waals surface area contributed by atoms with E-state index in [0.717, 1.165) is 16.5 Å². The van der Waals surface area contributed by atoms with Gasteiger partial charge >= 0.3 is 0 Å². The quantitative estimate of drug-likeness (QED) is 0.361. The molecule has 0 spiro atoms. The minimum atomic E-state index is -0.742. The van der Waals surface area contributed by atoms with Crippen molar-refractivity contribution in [3.63, 3.8) is 0 Å². The molecular weight excluding hydrogens is 456 g/mol. The highest BCUT2D eigenvalue weighted by Gasteiger charge is 2.34. The highest BCUT2D eigenvalue weighted by molar-refractivity contribution is 5.99. The fourth-order valence-corrected chi connectivity index (χ4v) is 4.43. The molecule has 2 aromatic carbocycles. The molecule has 3 atom stereocenters. The number of nitrogens with one attached hydrogen (secondary N) is 3. The molecule has 188 valence electrons. The molecule has 3 aromatic rings. The van der Waals surface area contributed by atoms with Gasteiger partial charge in [0.1, 0.15) is 6.04 Å². The number of nitrogens with zero attached hydrogens (tertiary/aromatic N) is 2. The zero-order chi connectivity index (χ0) is 25.5. The second-order valence-corrected chi connectivity index (χ2v) is 9.05. The summed E-state index contributed by atoms with van der Waals surface area (Å²) in [6.45, 7) is 0.416. The summed E-state index contributed by atoms with van der Waals surface area (Å²) in [5.41, 5.74) is 7.96. The molecule has 36 heavy (non-hydrogen) atoms. The summed E-state index contributed by atoms with van der Waals surface area (Å²) in [6, 6.07) is 18.0. The molecule has 1 aliphatic rings. The van der Waals surface area contributed by atoms with Crippen molar-refractivity contribution in [3.05, 3.63) is 72.4 Å². The van der Waals surface area contributed by atoms with Crippen molar-refractivity contribution in [2.24, 2.45) is 5.73 Å². The normalized spacial score (nSPS) is 17.9. The van der Waals surface area contributed by atoms with Gasteiger partial charge in [-0.1, -0.05) is 48.5 Å². The van der Waals surface area contributed by atoms with Crippen molar-refractivity contribution in [2.45, 2.75) is 37.4 Å². The molecule has 3 amide bonds. The van der Waals surface area contributed by atoms with Gasteiger partial charge in [0.25, 0.3) is 0 Å². The van der Waals surface area contributed by atoms with E-state index in [0.29, 0.717) is 31.5 Å². The summed E-state index contributed by atoms with van der Waals surface area (Å²) in [5.74, 6) is -0.746. The Morgan fingerprint density at radius 3 is 2.67 bits per heavy atom. The Bertz CT molecular complexity index is 1220. The van der Waals surface area contributed by atoms with Crippen LogP contribution in [0.5, 0.6) is 0 Å². The zero-order valence-corrected chi connectivity index (χ0v) is 20.3. The number of amides is 3. The number of hydrogen-bond donors (Lipinski definition) is 4. The lowest BCUT2D eigenvalue weighted by Crippen LogP contribution is -2.50. The molecule has 9 heteroatoms. The maximum Gasteiger partial charge on any atom is 0.247 e. The molecule has 0 saturated carbocycles. The Kier molecular flexibility index (Phi) is 8.24. The van der Waals surface area contributed by atoms with Gasteiger partial charge in [-0.05, 0) is 37.0 Å². The Balaban J connectivity index is 1.44. The Labute approximate surface area is 210 Å². The fourth-order valence-electron chi connectivity index (χ4n) is 4.43. The number of para-hydroxylation sites is 1. The number of fused-ring (bicyclic) bond motifs is 1. The second-order valence-electron chi connectivity index (χ2n) is 9.05. The van der Waals surface area contributed by atoms with E-state index >= 15 is 0 Å². The Morgan fingerprint density at radius 2 is 1.89 bits per heavy atom. The van der Waals surface area contributed by atoms with E-state index in [1.807, 2.05) is 60.7 Å². The first-order chi connectivity index (χ1) is 17.4. The van der Waals surface area contributed by atoms with Crippen molar-refractivity contribution < 1.29 is 14.4 Å². The van der Waals surface area contributed by atoms with Crippen LogP contribution in [0.25, 0.3) is 10.9 Å². The van der Waals surface area contributed by atoms with Crippen LogP contribution in [-0.2, 0) is 20.8 Å². The molecular formula is C27H32N6O3. The lowest BCUT2D eigenvalue weighted by molar-refractivity contribution is -0.130. The van der Waals surface area contributed by atoms with Gasteiger partial charge in [-0.15, -0.1) is 0 Å². The number of carbonyl (C=O) groups is 3. The van der Waals surface area contributed by atoms with Crippen molar-refractivity contribution in [1.29, 1.82) is 0 Å². The summed E-state index contributed by atoms with van der Waals surface area (Å²) in [4.78, 5) is 44.3. The van der Waals surface area contributed by atoms with Gasteiger partial charge in [0.15, 0.2) is 0 Å². The largest absolute Gasteiger partial charge is 0.343 e. The third-order valence-electron chi connectivity index (χ3n) is 6.60. The highest BCUT2D eigenvalue weighted by Crippen LogP contribution is 2.18. The number of carbonyl (C=O) groups excluding carboxylic acids is 3. The maximum absolute atomic E-state index is 13.3. The van der Waals surface area contributed by atoms with Gasteiger partial charge in [-0.25, -0.2) is 0 Å². The number of nitrogens with two attached hydrogens (primary N) is 1. The summed E-state index contributed by atoms with van der Waals surface area (Å²) < 4.78 is 0. The van der Waals surface area contributed by atoms with Crippen LogP contribution in [0.3, 0.4) is 0 Å². The minimum Gasteiger partial charge on any atom is -0.343 e. The monoisotopic (exact) mass is 488 g/mol. The molecule has 1 fully saturated rings. The van der Waals surface area contributed by atoms with Gasteiger partial charge in [-0.2, -0.15) is 0 Å². The number of aryl methyl sites for hydroxylation is 1. The molecule has 9 nitrogen and oxygen atoms in total. The number of aromatic nitrogens is 1. The van der Waals surface area contributed by atoms with Crippen LogP contribution in [0.2, 0.25) is 0 Å². The summed E-state index contributed by atoms with van der Waals surface area (Å²) in [6.07, 6.45) is 3.13. The number of anilines is 1. The second kappa shape index (κ2) is 11.7. The van der Waals surface area contributed by atoms with Gasteiger partial charge in [0.2, 0.25) is 17.7 Å². The number of pyridine rings is 1. The number of benzene rings is 2. The van der Waals surface area contributed by atoms with Gasteiger partial charge in [-0.3, -0.25) is 19.4 Å². The molecule has 1 aromatic heterocycles. The van der Waals surface area contributed by atoms with Crippen LogP contribution < -0.4 is 21.7 Å². The SMILES string of the molecule is CN(C(=O)CN)[C@@H]1CN[C@H](C(=O)N[C@H](CCc2ccccc2)C(=O)Nc2cnc3ccccc3c2)C1. The van der Waals surface area contributed by atoms with Crippen LogP contribution in [0.1, 0.15) is 18.4 Å². The Hall–Kier alpha value is -3.82. The predicted octanol–water partition coefficient (Wildman–Crippen LogP) is 1.44. The van der Waals surface area contributed by atoms with Gasteiger partial charge < -0.3 is 26.6 Å². The van der Waals surface area contributed by atoms with Crippen LogP contribution in [0.15, 0.2) is 66.9 Å². The molecule has 1 saturated heterocycles. The smallest absolute Gasteiger partial charge is 0.247 e. The lowest BCUT2D eigenvalue weighted by Gasteiger charge is -2.23. The average molecular weight is 489 g/mol. The predicted molar refractivity (Wildman–Crippen MR) is 139 cm³/mol.